The number of hydrogen-bond donors (Lipinski definition) is 0. The molecule has 2 aromatic carbocycles. The number of hydrogen-bond acceptors (Lipinski definition) is 8. The van der Waals surface area contributed by atoms with E-state index >= 15 is 0 Å². The van der Waals surface area contributed by atoms with Crippen LogP contribution in [0.15, 0.2) is 59.2 Å². The third-order valence-corrected chi connectivity index (χ3v) is 5.13. The van der Waals surface area contributed by atoms with Gasteiger partial charge in [-0.2, -0.15) is 4.98 Å². The summed E-state index contributed by atoms with van der Waals surface area (Å²) in [7, 11) is 7.38. The molecule has 8 nitrogen and oxygen atoms in total. The van der Waals surface area contributed by atoms with Crippen LogP contribution in [0, 0.1) is 0 Å². The Bertz CT molecular complexity index is 942. The lowest BCUT2D eigenvalue weighted by atomic mass is 10.1. The highest BCUT2D eigenvalue weighted by Gasteiger charge is 2.16. The van der Waals surface area contributed by atoms with Crippen molar-refractivity contribution in [3.8, 4) is 11.5 Å². The molecule has 3 rings (SSSR count). The van der Waals surface area contributed by atoms with Crippen molar-refractivity contribution < 1.29 is 23.4 Å². The number of methoxy groups -OCH3 is 2. The largest absolute Gasteiger partial charge is 0.497 e. The van der Waals surface area contributed by atoms with E-state index in [9.17, 15) is 0 Å². The summed E-state index contributed by atoms with van der Waals surface area (Å²) in [6, 6.07) is 16.5. The zero-order valence-corrected chi connectivity index (χ0v) is 20.5. The summed E-state index contributed by atoms with van der Waals surface area (Å²) in [5.74, 6) is 1.63. The summed E-state index contributed by atoms with van der Waals surface area (Å²) < 4.78 is 27.9. The molecule has 0 bridgehead atoms. The Hall–Kier alpha value is -3.07. The monoisotopic (exact) mass is 469 g/mol. The molecule has 184 valence electrons. The number of likely N-dealkylation sites (N-methyl/N-ethyl adjacent to an activating group) is 1. The topological polar surface area (TPSA) is 69.4 Å². The lowest BCUT2D eigenvalue weighted by molar-refractivity contribution is 0.0351. The molecule has 1 heterocycles. The first-order valence-electron chi connectivity index (χ1n) is 11.3. The van der Waals surface area contributed by atoms with Gasteiger partial charge >= 0.3 is 0 Å². The van der Waals surface area contributed by atoms with Gasteiger partial charge in [0.2, 0.25) is 0 Å². The van der Waals surface area contributed by atoms with Crippen molar-refractivity contribution in [3.05, 3.63) is 71.6 Å². The molecule has 3 aromatic rings. The van der Waals surface area contributed by atoms with Crippen LogP contribution in [0.4, 0.5) is 6.01 Å². The Labute approximate surface area is 202 Å². The highest BCUT2D eigenvalue weighted by Crippen LogP contribution is 2.23. The molecule has 0 saturated heterocycles. The molecular formula is C26H35N3O5. The Morgan fingerprint density at radius 3 is 2.03 bits per heavy atom. The zero-order chi connectivity index (χ0) is 24.2. The van der Waals surface area contributed by atoms with Gasteiger partial charge in [0.05, 0.1) is 40.6 Å². The van der Waals surface area contributed by atoms with E-state index in [0.29, 0.717) is 45.5 Å². The smallest absolute Gasteiger partial charge is 0.298 e. The minimum absolute atomic E-state index is 0.368. The van der Waals surface area contributed by atoms with Crippen molar-refractivity contribution >= 4 is 6.01 Å². The number of nitrogens with zero attached hydrogens (tertiary/aromatic N) is 3. The van der Waals surface area contributed by atoms with E-state index in [1.165, 1.54) is 0 Å². The molecule has 0 saturated carbocycles. The second kappa shape index (κ2) is 13.6. The Balaban J connectivity index is 1.63. The van der Waals surface area contributed by atoms with Crippen molar-refractivity contribution in [2.45, 2.75) is 19.7 Å². The fourth-order valence-corrected chi connectivity index (χ4v) is 3.33. The maximum Gasteiger partial charge on any atom is 0.298 e. The second-order valence-electron chi connectivity index (χ2n) is 8.15. The molecule has 0 aliphatic carbocycles. The Morgan fingerprint density at radius 1 is 0.824 bits per heavy atom. The third-order valence-electron chi connectivity index (χ3n) is 5.13. The predicted octanol–water partition coefficient (Wildman–Crippen LogP) is 3.99. The summed E-state index contributed by atoms with van der Waals surface area (Å²) in [5, 5.41) is 0. The van der Waals surface area contributed by atoms with E-state index in [0.717, 1.165) is 34.9 Å². The quantitative estimate of drug-likeness (QED) is 0.310. The van der Waals surface area contributed by atoms with Crippen LogP contribution in [-0.2, 0) is 29.2 Å². The normalized spacial score (nSPS) is 11.1. The second-order valence-corrected chi connectivity index (χ2v) is 8.15. The van der Waals surface area contributed by atoms with Crippen molar-refractivity contribution in [2.24, 2.45) is 0 Å². The number of aromatic nitrogens is 1. The molecule has 1 aromatic heterocycles. The van der Waals surface area contributed by atoms with Gasteiger partial charge in [-0.1, -0.05) is 24.3 Å². The first kappa shape index (κ1) is 25.6. The van der Waals surface area contributed by atoms with Gasteiger partial charge < -0.3 is 33.2 Å². The first-order valence-corrected chi connectivity index (χ1v) is 11.3. The van der Waals surface area contributed by atoms with Gasteiger partial charge in [-0.3, -0.25) is 0 Å². The molecule has 8 heteroatoms. The average molecular weight is 470 g/mol. The molecule has 0 fully saturated rings. The summed E-state index contributed by atoms with van der Waals surface area (Å²) in [6.45, 7) is 4.22. The summed E-state index contributed by atoms with van der Waals surface area (Å²) in [4.78, 5) is 8.83. The van der Waals surface area contributed by atoms with Gasteiger partial charge in [0.15, 0.2) is 0 Å². The molecule has 34 heavy (non-hydrogen) atoms. The van der Waals surface area contributed by atoms with Crippen LogP contribution < -0.4 is 14.4 Å². The maximum atomic E-state index is 5.84. The van der Waals surface area contributed by atoms with E-state index in [-0.39, 0.29) is 0 Å². The molecule has 0 atom stereocenters. The van der Waals surface area contributed by atoms with Crippen LogP contribution in [0.2, 0.25) is 0 Å². The molecule has 0 amide bonds. The van der Waals surface area contributed by atoms with Gasteiger partial charge in [-0.15, -0.1) is 0 Å². The van der Waals surface area contributed by atoms with Crippen LogP contribution >= 0.6 is 0 Å². The molecule has 0 unspecified atom stereocenters. The number of ether oxygens (including phenoxy) is 4. The first-order chi connectivity index (χ1) is 16.6. The van der Waals surface area contributed by atoms with Crippen molar-refractivity contribution in [1.29, 1.82) is 0 Å². The van der Waals surface area contributed by atoms with Gasteiger partial charge in [-0.05, 0) is 49.5 Å². The standard InChI is InChI=1S/C26H35N3O5/c1-28(2)11-12-32-13-14-33-19-23-20-34-26(27-23)29(17-21-7-5-9-24(15-21)30-3)18-22-8-6-10-25(16-22)31-4/h5-10,15-16,20H,11-14,17-19H2,1-4H3. The summed E-state index contributed by atoms with van der Waals surface area (Å²) >= 11 is 0. The fraction of sp³-hybridized carbons (Fsp3) is 0.423. The molecular weight excluding hydrogens is 434 g/mol. The Kier molecular flexibility index (Phi) is 10.2. The number of benzene rings is 2. The van der Waals surface area contributed by atoms with Crippen molar-refractivity contribution in [3.63, 3.8) is 0 Å². The number of oxazole rings is 1. The van der Waals surface area contributed by atoms with Crippen LogP contribution in [0.5, 0.6) is 11.5 Å². The summed E-state index contributed by atoms with van der Waals surface area (Å²) in [5.41, 5.74) is 2.92. The van der Waals surface area contributed by atoms with E-state index in [2.05, 4.69) is 26.9 Å². The predicted molar refractivity (Wildman–Crippen MR) is 131 cm³/mol. The molecule has 0 radical (unpaired) electrons. The number of rotatable bonds is 15. The minimum Gasteiger partial charge on any atom is -0.497 e. The highest BCUT2D eigenvalue weighted by molar-refractivity contribution is 5.37. The molecule has 0 spiro atoms. The van der Waals surface area contributed by atoms with Gasteiger partial charge in [0, 0.05) is 19.6 Å². The average Bonchev–Trinajstić information content (AvgIpc) is 3.32. The van der Waals surface area contributed by atoms with E-state index in [4.69, 9.17) is 23.4 Å². The SMILES string of the molecule is COc1cccc(CN(Cc2cccc(OC)c2)c2nc(COCCOCCN(C)C)co2)c1. The lowest BCUT2D eigenvalue weighted by Crippen LogP contribution is -2.22. The lowest BCUT2D eigenvalue weighted by Gasteiger charge is -2.21. The molecule has 0 N–H and O–H groups in total. The van der Waals surface area contributed by atoms with Crippen LogP contribution in [0.3, 0.4) is 0 Å². The molecule has 0 aliphatic rings. The van der Waals surface area contributed by atoms with Gasteiger partial charge in [-0.25, -0.2) is 0 Å². The van der Waals surface area contributed by atoms with Crippen LogP contribution in [0.25, 0.3) is 0 Å². The van der Waals surface area contributed by atoms with E-state index < -0.39 is 0 Å². The van der Waals surface area contributed by atoms with Crippen LogP contribution in [0.1, 0.15) is 16.8 Å². The van der Waals surface area contributed by atoms with Gasteiger partial charge in [0.1, 0.15) is 23.5 Å². The highest BCUT2D eigenvalue weighted by atomic mass is 16.5. The van der Waals surface area contributed by atoms with Crippen molar-refractivity contribution in [2.75, 3.05) is 59.6 Å². The maximum absolute atomic E-state index is 5.84. The van der Waals surface area contributed by atoms with E-state index in [1.54, 1.807) is 20.5 Å². The fourth-order valence-electron chi connectivity index (χ4n) is 3.33. The van der Waals surface area contributed by atoms with Crippen molar-refractivity contribution in [1.82, 2.24) is 9.88 Å². The summed E-state index contributed by atoms with van der Waals surface area (Å²) in [6.07, 6.45) is 1.65. The van der Waals surface area contributed by atoms with Crippen LogP contribution in [-0.4, -0.2) is 64.6 Å². The minimum atomic E-state index is 0.368. The zero-order valence-electron chi connectivity index (χ0n) is 20.5. The van der Waals surface area contributed by atoms with Gasteiger partial charge in [0.25, 0.3) is 6.01 Å². The van der Waals surface area contributed by atoms with E-state index in [1.807, 2.05) is 50.5 Å². The molecule has 0 aliphatic heterocycles. The Morgan fingerprint density at radius 2 is 1.44 bits per heavy atom. The third kappa shape index (κ3) is 8.37. The number of anilines is 1.